The summed E-state index contributed by atoms with van der Waals surface area (Å²) in [4.78, 5) is 13.5. The third kappa shape index (κ3) is 6.62. The molecular formula is C30H36N2O8S. The predicted octanol–water partition coefficient (Wildman–Crippen LogP) is 4.73. The third-order valence-corrected chi connectivity index (χ3v) is 8.45. The lowest BCUT2D eigenvalue weighted by Gasteiger charge is -2.38. The van der Waals surface area contributed by atoms with E-state index >= 15 is 0 Å². The van der Waals surface area contributed by atoms with Crippen molar-refractivity contribution < 1.29 is 36.9 Å². The Bertz CT molecular complexity index is 1490. The van der Waals surface area contributed by atoms with Crippen LogP contribution in [-0.2, 0) is 14.8 Å². The lowest BCUT2D eigenvalue weighted by Crippen LogP contribution is -2.45. The molecule has 0 saturated heterocycles. The van der Waals surface area contributed by atoms with Crippen molar-refractivity contribution in [1.82, 2.24) is 5.32 Å². The second-order valence-electron chi connectivity index (χ2n) is 10.0. The van der Waals surface area contributed by atoms with E-state index in [4.69, 9.17) is 23.7 Å². The number of carbonyl (C=O) groups excluding carboxylic acids is 1. The fourth-order valence-corrected chi connectivity index (χ4v) is 6.19. The molecule has 0 bridgehead atoms. The van der Waals surface area contributed by atoms with Crippen LogP contribution in [0, 0.1) is 0 Å². The number of ether oxygens (including phenoxy) is 5. The summed E-state index contributed by atoms with van der Waals surface area (Å²) in [5, 5.41) is 3.03. The van der Waals surface area contributed by atoms with Crippen molar-refractivity contribution in [2.45, 2.75) is 43.7 Å². The van der Waals surface area contributed by atoms with E-state index in [2.05, 4.69) is 5.32 Å². The van der Waals surface area contributed by atoms with Crippen molar-refractivity contribution in [1.29, 1.82) is 0 Å². The molecule has 220 valence electrons. The molecule has 0 aromatic heterocycles. The molecule has 1 N–H and O–H groups in total. The summed E-state index contributed by atoms with van der Waals surface area (Å²) in [5.41, 5.74) is 0.516. The summed E-state index contributed by atoms with van der Waals surface area (Å²) in [6.07, 6.45) is 0.490. The lowest BCUT2D eigenvalue weighted by molar-refractivity contribution is -0.120. The Balaban J connectivity index is 1.68. The molecule has 1 aliphatic heterocycles. The first-order chi connectivity index (χ1) is 19.5. The molecule has 0 saturated carbocycles. The number of carbonyl (C=O) groups is 1. The van der Waals surface area contributed by atoms with Crippen molar-refractivity contribution in [3.63, 3.8) is 0 Å². The maximum Gasteiger partial charge on any atom is 0.264 e. The number of nitrogens with one attached hydrogen (secondary N) is 1. The molecule has 0 aliphatic carbocycles. The van der Waals surface area contributed by atoms with Crippen LogP contribution >= 0.6 is 0 Å². The molecule has 0 spiro atoms. The largest absolute Gasteiger partial charge is 0.497 e. The van der Waals surface area contributed by atoms with Crippen molar-refractivity contribution in [3.05, 3.63) is 66.2 Å². The molecular weight excluding hydrogens is 548 g/mol. The minimum absolute atomic E-state index is 0.0542. The van der Waals surface area contributed by atoms with Gasteiger partial charge in [0.25, 0.3) is 10.0 Å². The fourth-order valence-electron chi connectivity index (χ4n) is 4.75. The zero-order valence-corrected chi connectivity index (χ0v) is 24.9. The Morgan fingerprint density at radius 2 is 1.63 bits per heavy atom. The van der Waals surface area contributed by atoms with Crippen molar-refractivity contribution in [3.8, 4) is 28.7 Å². The second kappa shape index (κ2) is 12.2. The Hall–Kier alpha value is -4.12. The van der Waals surface area contributed by atoms with E-state index < -0.39 is 34.1 Å². The monoisotopic (exact) mass is 584 g/mol. The maximum absolute atomic E-state index is 14.0. The van der Waals surface area contributed by atoms with Crippen LogP contribution in [0.1, 0.15) is 38.8 Å². The van der Waals surface area contributed by atoms with Gasteiger partial charge >= 0.3 is 0 Å². The van der Waals surface area contributed by atoms with E-state index in [0.29, 0.717) is 41.7 Å². The van der Waals surface area contributed by atoms with Gasteiger partial charge in [-0.3, -0.25) is 9.10 Å². The van der Waals surface area contributed by atoms with Crippen LogP contribution in [0.25, 0.3) is 0 Å². The van der Waals surface area contributed by atoms with Crippen LogP contribution in [-0.4, -0.2) is 54.4 Å². The number of methoxy groups -OCH3 is 3. The molecule has 0 fully saturated rings. The lowest BCUT2D eigenvalue weighted by atomic mass is 9.89. The summed E-state index contributed by atoms with van der Waals surface area (Å²) < 4.78 is 56.6. The minimum atomic E-state index is -4.21. The quantitative estimate of drug-likeness (QED) is 0.345. The van der Waals surface area contributed by atoms with Crippen LogP contribution in [0.2, 0.25) is 0 Å². The van der Waals surface area contributed by atoms with E-state index in [-0.39, 0.29) is 10.6 Å². The van der Waals surface area contributed by atoms with Crippen LogP contribution < -0.4 is 33.3 Å². The molecule has 3 aromatic carbocycles. The first-order valence-electron chi connectivity index (χ1n) is 13.1. The van der Waals surface area contributed by atoms with Gasteiger partial charge in [0.1, 0.15) is 29.4 Å². The van der Waals surface area contributed by atoms with Crippen LogP contribution in [0.4, 0.5) is 5.69 Å². The minimum Gasteiger partial charge on any atom is -0.497 e. The van der Waals surface area contributed by atoms with Gasteiger partial charge in [-0.05, 0) is 69.3 Å². The number of hydrogen-bond acceptors (Lipinski definition) is 8. The Morgan fingerprint density at radius 1 is 0.951 bits per heavy atom. The molecule has 11 heteroatoms. The number of rotatable bonds is 11. The van der Waals surface area contributed by atoms with Crippen LogP contribution in [0.15, 0.2) is 65.6 Å². The highest BCUT2D eigenvalue weighted by Gasteiger charge is 2.36. The van der Waals surface area contributed by atoms with Gasteiger partial charge in [0, 0.05) is 24.1 Å². The summed E-state index contributed by atoms with van der Waals surface area (Å²) in [6.45, 7) is 5.72. The number of amides is 1. The normalized spacial score (nSPS) is 15.6. The number of benzene rings is 3. The fraction of sp³-hybridized carbons (Fsp3) is 0.367. The molecule has 0 radical (unpaired) electrons. The Kier molecular flexibility index (Phi) is 8.86. The van der Waals surface area contributed by atoms with Crippen molar-refractivity contribution in [2.24, 2.45) is 0 Å². The average Bonchev–Trinajstić information content (AvgIpc) is 2.95. The van der Waals surface area contributed by atoms with Gasteiger partial charge in [-0.25, -0.2) is 8.42 Å². The van der Waals surface area contributed by atoms with E-state index in [9.17, 15) is 13.2 Å². The van der Waals surface area contributed by atoms with Gasteiger partial charge < -0.3 is 29.0 Å². The first kappa shape index (κ1) is 29.9. The molecule has 4 rings (SSSR count). The number of hydrogen-bond donors (Lipinski definition) is 1. The number of sulfonamides is 1. The van der Waals surface area contributed by atoms with E-state index in [0.717, 1.165) is 9.87 Å². The molecule has 1 atom stereocenters. The van der Waals surface area contributed by atoms with Gasteiger partial charge in [0.2, 0.25) is 5.91 Å². The predicted molar refractivity (Wildman–Crippen MR) is 155 cm³/mol. The maximum atomic E-state index is 14.0. The van der Waals surface area contributed by atoms with Crippen LogP contribution in [0.3, 0.4) is 0 Å². The molecule has 1 amide bonds. The van der Waals surface area contributed by atoms with E-state index in [1.165, 1.54) is 32.4 Å². The molecule has 41 heavy (non-hydrogen) atoms. The number of anilines is 1. The van der Waals surface area contributed by atoms with Crippen molar-refractivity contribution in [2.75, 3.05) is 38.8 Å². The zero-order valence-electron chi connectivity index (χ0n) is 24.1. The Labute approximate surface area is 241 Å². The number of fused-ring (bicyclic) bond motifs is 1. The average molecular weight is 585 g/mol. The van der Waals surface area contributed by atoms with Crippen molar-refractivity contribution >= 4 is 21.6 Å². The molecule has 1 aliphatic rings. The first-order valence-corrected chi connectivity index (χ1v) is 14.6. The highest BCUT2D eigenvalue weighted by atomic mass is 32.2. The highest BCUT2D eigenvalue weighted by molar-refractivity contribution is 7.92. The Morgan fingerprint density at radius 3 is 2.27 bits per heavy atom. The van der Waals surface area contributed by atoms with Gasteiger partial charge in [0.15, 0.2) is 11.5 Å². The van der Waals surface area contributed by atoms with Gasteiger partial charge in [0.05, 0.1) is 44.6 Å². The third-order valence-electron chi connectivity index (χ3n) is 6.68. The van der Waals surface area contributed by atoms with Gasteiger partial charge in [-0.2, -0.15) is 0 Å². The van der Waals surface area contributed by atoms with E-state index in [1.807, 2.05) is 26.8 Å². The summed E-state index contributed by atoms with van der Waals surface area (Å²) in [5.74, 6) is 1.98. The molecule has 10 nitrogen and oxygen atoms in total. The van der Waals surface area contributed by atoms with E-state index in [1.54, 1.807) is 43.5 Å². The standard InChI is InChI=1S/C30H36N2O8S/c1-7-39-21-10-8-20(9-11-21)32(41(34,35)23-13-15-26(37-5)28(17-23)38-6)19-29(33)31-25-18-30(2,3)40-27-16-22(36-4)12-14-24(25)27/h8-17,25H,7,18-19H2,1-6H3,(H,31,33). The molecule has 3 aromatic rings. The van der Waals surface area contributed by atoms with Gasteiger partial charge in [-0.1, -0.05) is 0 Å². The molecule has 1 heterocycles. The SMILES string of the molecule is CCOc1ccc(N(CC(=O)NC2CC(C)(C)Oc3cc(OC)ccc32)S(=O)(=O)c2ccc(OC)c(OC)c2)cc1. The zero-order chi connectivity index (χ0) is 29.8. The molecule has 1 unspecified atom stereocenters. The summed E-state index contributed by atoms with van der Waals surface area (Å²) in [7, 11) is 0.255. The van der Waals surface area contributed by atoms with Crippen LogP contribution in [0.5, 0.6) is 28.7 Å². The number of nitrogens with zero attached hydrogens (tertiary/aromatic N) is 1. The second-order valence-corrected chi connectivity index (χ2v) is 11.9. The summed E-state index contributed by atoms with van der Waals surface area (Å²) >= 11 is 0. The summed E-state index contributed by atoms with van der Waals surface area (Å²) in [6, 6.07) is 15.9. The smallest absolute Gasteiger partial charge is 0.264 e. The topological polar surface area (TPSA) is 113 Å². The highest BCUT2D eigenvalue weighted by Crippen LogP contribution is 2.41. The van der Waals surface area contributed by atoms with Gasteiger partial charge in [-0.15, -0.1) is 0 Å².